The van der Waals surface area contributed by atoms with Crippen molar-refractivity contribution in [1.82, 2.24) is 0 Å². The number of hydrogen-bond acceptors (Lipinski definition) is 3. The molecule has 1 aliphatic carbocycles. The van der Waals surface area contributed by atoms with Gasteiger partial charge in [-0.3, -0.25) is 14.4 Å². The summed E-state index contributed by atoms with van der Waals surface area (Å²) in [5.74, 6) is -2.18. The molecule has 0 unspecified atom stereocenters. The number of hydrogen-bond donors (Lipinski definition) is 0. The number of benzene rings is 1. The molecular formula is C13H10ClIO3. The smallest absolute Gasteiger partial charge is 0.182 e. The average Bonchev–Trinajstić information content (AvgIpc) is 2.28. The van der Waals surface area contributed by atoms with E-state index in [-0.39, 0.29) is 22.2 Å². The minimum absolute atomic E-state index is 0.255. The fourth-order valence-electron chi connectivity index (χ4n) is 2.04. The third-order valence-electron chi connectivity index (χ3n) is 2.95. The molecule has 0 aliphatic heterocycles. The summed E-state index contributed by atoms with van der Waals surface area (Å²) in [6, 6.07) is 4.95. The lowest BCUT2D eigenvalue weighted by Gasteiger charge is -2.18. The highest BCUT2D eigenvalue weighted by Gasteiger charge is 2.37. The SMILES string of the molecule is O=C1CCCC(=O)C1C(=O)c1ccc(I)cc1Cl. The number of Topliss-reactive ketones (excluding diaryl/α,β-unsaturated/α-hetero) is 3. The third-order valence-corrected chi connectivity index (χ3v) is 3.93. The second kappa shape index (κ2) is 5.48. The van der Waals surface area contributed by atoms with Gasteiger partial charge in [-0.2, -0.15) is 0 Å². The number of carbonyl (C=O) groups is 3. The summed E-state index contributed by atoms with van der Waals surface area (Å²) in [6.45, 7) is 0. The van der Waals surface area contributed by atoms with Crippen molar-refractivity contribution in [3.8, 4) is 0 Å². The van der Waals surface area contributed by atoms with Crippen molar-refractivity contribution >= 4 is 51.5 Å². The number of halogens is 2. The molecule has 0 bridgehead atoms. The molecule has 0 heterocycles. The molecule has 1 fully saturated rings. The van der Waals surface area contributed by atoms with Crippen molar-refractivity contribution in [2.45, 2.75) is 19.3 Å². The first-order valence-corrected chi connectivity index (χ1v) is 7.01. The van der Waals surface area contributed by atoms with Gasteiger partial charge in [0.25, 0.3) is 0 Å². The zero-order valence-corrected chi connectivity index (χ0v) is 12.3. The molecule has 0 atom stereocenters. The van der Waals surface area contributed by atoms with Crippen LogP contribution in [0.25, 0.3) is 0 Å². The largest absolute Gasteiger partial charge is 0.298 e. The van der Waals surface area contributed by atoms with Gasteiger partial charge >= 0.3 is 0 Å². The van der Waals surface area contributed by atoms with Gasteiger partial charge in [-0.05, 0) is 47.2 Å². The molecule has 1 aromatic carbocycles. The van der Waals surface area contributed by atoms with Gasteiger partial charge in [-0.1, -0.05) is 11.6 Å². The Kier molecular flexibility index (Phi) is 4.17. The number of carbonyl (C=O) groups excluding carboxylic acids is 3. The maximum absolute atomic E-state index is 12.2. The fraction of sp³-hybridized carbons (Fsp3) is 0.308. The lowest BCUT2D eigenvalue weighted by molar-refractivity contribution is -0.133. The molecular weight excluding hydrogens is 366 g/mol. The molecule has 0 spiro atoms. The first kappa shape index (κ1) is 13.7. The molecule has 3 nitrogen and oxygen atoms in total. The van der Waals surface area contributed by atoms with E-state index in [0.717, 1.165) is 3.57 Å². The van der Waals surface area contributed by atoms with E-state index in [1.54, 1.807) is 18.2 Å². The summed E-state index contributed by atoms with van der Waals surface area (Å²) >= 11 is 8.07. The monoisotopic (exact) mass is 376 g/mol. The Hall–Kier alpha value is -0.750. The summed E-state index contributed by atoms with van der Waals surface area (Å²) in [6.07, 6.45) is 1.14. The van der Waals surface area contributed by atoms with E-state index in [9.17, 15) is 14.4 Å². The average molecular weight is 377 g/mol. The topological polar surface area (TPSA) is 51.2 Å². The maximum atomic E-state index is 12.2. The van der Waals surface area contributed by atoms with Crippen molar-refractivity contribution in [1.29, 1.82) is 0 Å². The van der Waals surface area contributed by atoms with Gasteiger partial charge < -0.3 is 0 Å². The minimum atomic E-state index is -1.14. The van der Waals surface area contributed by atoms with Crippen molar-refractivity contribution in [2.75, 3.05) is 0 Å². The van der Waals surface area contributed by atoms with Gasteiger partial charge in [0.1, 0.15) is 5.92 Å². The predicted octanol–water partition coefficient (Wildman–Crippen LogP) is 3.07. The molecule has 94 valence electrons. The van der Waals surface area contributed by atoms with Crippen LogP contribution in [0.5, 0.6) is 0 Å². The molecule has 1 aliphatic rings. The van der Waals surface area contributed by atoms with Crippen molar-refractivity contribution in [3.63, 3.8) is 0 Å². The Morgan fingerprint density at radius 2 is 1.83 bits per heavy atom. The highest BCUT2D eigenvalue weighted by molar-refractivity contribution is 14.1. The van der Waals surface area contributed by atoms with Crippen LogP contribution >= 0.6 is 34.2 Å². The molecule has 0 aromatic heterocycles. The molecule has 5 heteroatoms. The molecule has 1 aromatic rings. The van der Waals surface area contributed by atoms with Gasteiger partial charge in [-0.15, -0.1) is 0 Å². The molecule has 0 saturated heterocycles. The molecule has 18 heavy (non-hydrogen) atoms. The van der Waals surface area contributed by atoms with Crippen LogP contribution < -0.4 is 0 Å². The van der Waals surface area contributed by atoms with E-state index in [0.29, 0.717) is 19.3 Å². The molecule has 0 radical (unpaired) electrons. The number of ketones is 3. The molecule has 2 rings (SSSR count). The van der Waals surface area contributed by atoms with Crippen LogP contribution in [0.1, 0.15) is 29.6 Å². The summed E-state index contributed by atoms with van der Waals surface area (Å²) in [5, 5.41) is 0.290. The van der Waals surface area contributed by atoms with Crippen LogP contribution in [0.4, 0.5) is 0 Å². The van der Waals surface area contributed by atoms with E-state index in [1.807, 2.05) is 0 Å². The first-order chi connectivity index (χ1) is 8.50. The van der Waals surface area contributed by atoms with E-state index in [4.69, 9.17) is 11.6 Å². The third kappa shape index (κ3) is 2.64. The van der Waals surface area contributed by atoms with Gasteiger partial charge in [-0.25, -0.2) is 0 Å². The van der Waals surface area contributed by atoms with Gasteiger partial charge in [0.2, 0.25) is 0 Å². The summed E-state index contributed by atoms with van der Waals surface area (Å²) in [5.41, 5.74) is 0.255. The standard InChI is InChI=1S/C13H10ClIO3/c14-9-6-7(15)4-5-8(9)13(18)12-10(16)2-1-3-11(12)17/h4-6,12H,1-3H2. The number of rotatable bonds is 2. The van der Waals surface area contributed by atoms with E-state index in [1.165, 1.54) is 0 Å². The summed E-state index contributed by atoms with van der Waals surface area (Å²) in [4.78, 5) is 35.6. The molecule has 1 saturated carbocycles. The van der Waals surface area contributed by atoms with E-state index < -0.39 is 11.7 Å². The Bertz CT molecular complexity index is 523. The van der Waals surface area contributed by atoms with Crippen LogP contribution in [0.15, 0.2) is 18.2 Å². The van der Waals surface area contributed by atoms with E-state index >= 15 is 0 Å². The van der Waals surface area contributed by atoms with Gasteiger partial charge in [0, 0.05) is 22.0 Å². The van der Waals surface area contributed by atoms with Crippen LogP contribution in [0.2, 0.25) is 5.02 Å². The lowest BCUT2D eigenvalue weighted by atomic mass is 9.82. The first-order valence-electron chi connectivity index (χ1n) is 5.55. The molecule has 0 N–H and O–H groups in total. The zero-order valence-electron chi connectivity index (χ0n) is 9.41. The summed E-state index contributed by atoms with van der Waals surface area (Å²) < 4.78 is 0.899. The predicted molar refractivity (Wildman–Crippen MR) is 75.9 cm³/mol. The quantitative estimate of drug-likeness (QED) is 0.453. The van der Waals surface area contributed by atoms with Crippen LogP contribution in [-0.4, -0.2) is 17.3 Å². The van der Waals surface area contributed by atoms with Crippen LogP contribution in [0.3, 0.4) is 0 Å². The highest BCUT2D eigenvalue weighted by Crippen LogP contribution is 2.26. The van der Waals surface area contributed by atoms with Crippen LogP contribution in [-0.2, 0) is 9.59 Å². The Balaban J connectivity index is 2.35. The normalized spacial score (nSPS) is 17.0. The lowest BCUT2D eigenvalue weighted by Crippen LogP contribution is -2.35. The van der Waals surface area contributed by atoms with Gasteiger partial charge in [0.15, 0.2) is 17.3 Å². The van der Waals surface area contributed by atoms with Crippen LogP contribution in [0, 0.1) is 9.49 Å². The van der Waals surface area contributed by atoms with Gasteiger partial charge in [0.05, 0.1) is 5.02 Å². The Labute approximate surface area is 123 Å². The van der Waals surface area contributed by atoms with Crippen molar-refractivity contribution in [2.24, 2.45) is 5.92 Å². The molecule has 0 amide bonds. The van der Waals surface area contributed by atoms with Crippen molar-refractivity contribution < 1.29 is 14.4 Å². The second-order valence-electron chi connectivity index (χ2n) is 4.21. The fourth-order valence-corrected chi connectivity index (χ4v) is 2.99. The minimum Gasteiger partial charge on any atom is -0.298 e. The van der Waals surface area contributed by atoms with Crippen molar-refractivity contribution in [3.05, 3.63) is 32.4 Å². The summed E-state index contributed by atoms with van der Waals surface area (Å²) in [7, 11) is 0. The zero-order chi connectivity index (χ0) is 13.3. The Morgan fingerprint density at radius 1 is 1.22 bits per heavy atom. The second-order valence-corrected chi connectivity index (χ2v) is 5.86. The Morgan fingerprint density at radius 3 is 2.39 bits per heavy atom. The van der Waals surface area contributed by atoms with E-state index in [2.05, 4.69) is 22.6 Å². The maximum Gasteiger partial charge on any atom is 0.182 e. The highest BCUT2D eigenvalue weighted by atomic mass is 127.